The molecule has 0 aliphatic rings. The van der Waals surface area contributed by atoms with Crippen LogP contribution >= 0.6 is 11.6 Å². The lowest BCUT2D eigenvalue weighted by atomic mass is 10.2. The number of hydrogen-bond acceptors (Lipinski definition) is 5. The Morgan fingerprint density at radius 2 is 1.80 bits per heavy atom. The van der Waals surface area contributed by atoms with Gasteiger partial charge in [0.05, 0.1) is 7.11 Å². The van der Waals surface area contributed by atoms with Crippen LogP contribution in [0.2, 0.25) is 5.02 Å². The molecule has 0 fully saturated rings. The molecule has 1 amide bonds. The van der Waals surface area contributed by atoms with Crippen LogP contribution in [0.3, 0.4) is 0 Å². The number of methoxy groups -OCH3 is 1. The Kier molecular flexibility index (Phi) is 7.10. The van der Waals surface area contributed by atoms with Crippen molar-refractivity contribution in [1.82, 2.24) is 5.32 Å². The van der Waals surface area contributed by atoms with Crippen LogP contribution in [0.4, 0.5) is 0 Å². The van der Waals surface area contributed by atoms with Gasteiger partial charge in [0.2, 0.25) is 0 Å². The second-order valence-electron chi connectivity index (χ2n) is 4.94. The smallest absolute Gasteiger partial charge is 0.325 e. The summed E-state index contributed by atoms with van der Waals surface area (Å²) in [6.07, 6.45) is 0. The average Bonchev–Trinajstić information content (AvgIpc) is 2.63. The van der Waals surface area contributed by atoms with Crippen LogP contribution in [0.25, 0.3) is 0 Å². The second kappa shape index (κ2) is 9.54. The summed E-state index contributed by atoms with van der Waals surface area (Å²) in [5.74, 6) is 0.332. The summed E-state index contributed by atoms with van der Waals surface area (Å²) in [5, 5.41) is 3.06. The summed E-state index contributed by atoms with van der Waals surface area (Å²) in [6.45, 7) is 0.0459. The molecular formula is C18H18ClNO5. The third kappa shape index (κ3) is 6.35. The van der Waals surface area contributed by atoms with Gasteiger partial charge in [-0.25, -0.2) is 0 Å². The molecule has 6 nitrogen and oxygen atoms in total. The van der Waals surface area contributed by atoms with Crippen LogP contribution in [0, 0.1) is 0 Å². The molecule has 0 spiro atoms. The SMILES string of the molecule is COc1ccc(C(=O)NCC(=O)OCCOc2cccc(Cl)c2)cc1. The molecule has 2 aromatic rings. The predicted octanol–water partition coefficient (Wildman–Crippen LogP) is 2.70. The summed E-state index contributed by atoms with van der Waals surface area (Å²) in [4.78, 5) is 23.5. The van der Waals surface area contributed by atoms with E-state index < -0.39 is 5.97 Å². The van der Waals surface area contributed by atoms with Crippen LogP contribution in [0.15, 0.2) is 48.5 Å². The third-order valence-electron chi connectivity index (χ3n) is 3.16. The van der Waals surface area contributed by atoms with E-state index in [9.17, 15) is 9.59 Å². The zero-order valence-electron chi connectivity index (χ0n) is 13.7. The molecule has 0 atom stereocenters. The molecule has 0 saturated carbocycles. The Hall–Kier alpha value is -2.73. The molecule has 132 valence electrons. The van der Waals surface area contributed by atoms with Crippen molar-refractivity contribution < 1.29 is 23.8 Å². The number of carbonyl (C=O) groups is 2. The highest BCUT2D eigenvalue weighted by Gasteiger charge is 2.09. The maximum atomic E-state index is 11.9. The minimum atomic E-state index is -0.545. The molecular weight excluding hydrogens is 346 g/mol. The molecule has 25 heavy (non-hydrogen) atoms. The van der Waals surface area contributed by atoms with Crippen LogP contribution in [-0.4, -0.2) is 38.7 Å². The second-order valence-corrected chi connectivity index (χ2v) is 5.37. The van der Waals surface area contributed by atoms with Crippen LogP contribution in [0.1, 0.15) is 10.4 Å². The van der Waals surface area contributed by atoms with Crippen molar-refractivity contribution >= 4 is 23.5 Å². The fraction of sp³-hybridized carbons (Fsp3) is 0.222. The Labute approximate surface area is 150 Å². The van der Waals surface area contributed by atoms with Crippen molar-refractivity contribution in [3.63, 3.8) is 0 Å². The van der Waals surface area contributed by atoms with E-state index in [1.165, 1.54) is 0 Å². The summed E-state index contributed by atoms with van der Waals surface area (Å²) < 4.78 is 15.4. The van der Waals surface area contributed by atoms with Crippen LogP contribution in [0.5, 0.6) is 11.5 Å². The molecule has 2 rings (SSSR count). The first-order chi connectivity index (χ1) is 12.1. The first-order valence-electron chi connectivity index (χ1n) is 7.55. The first-order valence-corrected chi connectivity index (χ1v) is 7.92. The van der Waals surface area contributed by atoms with Crippen molar-refractivity contribution in [2.75, 3.05) is 26.9 Å². The zero-order valence-corrected chi connectivity index (χ0v) is 14.4. The van der Waals surface area contributed by atoms with E-state index in [1.54, 1.807) is 55.6 Å². The maximum Gasteiger partial charge on any atom is 0.325 e. The molecule has 1 N–H and O–H groups in total. The van der Waals surface area contributed by atoms with E-state index in [4.69, 9.17) is 25.8 Å². The van der Waals surface area contributed by atoms with Gasteiger partial charge in [-0.3, -0.25) is 9.59 Å². The molecule has 7 heteroatoms. The molecule has 0 aromatic heterocycles. The van der Waals surface area contributed by atoms with Gasteiger partial charge in [0.1, 0.15) is 31.3 Å². The van der Waals surface area contributed by atoms with Crippen molar-refractivity contribution in [2.24, 2.45) is 0 Å². The molecule has 0 heterocycles. The molecule has 0 aliphatic carbocycles. The van der Waals surface area contributed by atoms with Crippen molar-refractivity contribution in [3.8, 4) is 11.5 Å². The van der Waals surface area contributed by atoms with Gasteiger partial charge < -0.3 is 19.5 Å². The fourth-order valence-electron chi connectivity index (χ4n) is 1.92. The molecule has 0 unspecified atom stereocenters. The highest BCUT2D eigenvalue weighted by Crippen LogP contribution is 2.16. The number of halogens is 1. The average molecular weight is 364 g/mol. The standard InChI is InChI=1S/C18H18ClNO5/c1-23-15-7-5-13(6-8-15)18(22)20-12-17(21)25-10-9-24-16-4-2-3-14(19)11-16/h2-8,11H,9-10,12H2,1H3,(H,20,22). The first kappa shape index (κ1) is 18.6. The molecule has 0 bridgehead atoms. The highest BCUT2D eigenvalue weighted by atomic mass is 35.5. The highest BCUT2D eigenvalue weighted by molar-refractivity contribution is 6.30. The van der Waals surface area contributed by atoms with Gasteiger partial charge in [-0.05, 0) is 42.5 Å². The number of ether oxygens (including phenoxy) is 3. The van der Waals surface area contributed by atoms with Gasteiger partial charge >= 0.3 is 5.97 Å². The molecule has 2 aromatic carbocycles. The monoisotopic (exact) mass is 363 g/mol. The van der Waals surface area contributed by atoms with E-state index in [0.717, 1.165) is 0 Å². The number of rotatable bonds is 8. The largest absolute Gasteiger partial charge is 0.497 e. The number of esters is 1. The van der Waals surface area contributed by atoms with E-state index in [0.29, 0.717) is 22.1 Å². The Bertz CT molecular complexity index is 718. The fourth-order valence-corrected chi connectivity index (χ4v) is 2.10. The Morgan fingerprint density at radius 1 is 1.04 bits per heavy atom. The van der Waals surface area contributed by atoms with E-state index in [2.05, 4.69) is 5.32 Å². The number of nitrogens with one attached hydrogen (secondary N) is 1. The molecule has 0 radical (unpaired) electrons. The summed E-state index contributed by atoms with van der Waals surface area (Å²) >= 11 is 5.83. The van der Waals surface area contributed by atoms with Crippen LogP contribution in [-0.2, 0) is 9.53 Å². The van der Waals surface area contributed by atoms with Gasteiger partial charge in [-0.1, -0.05) is 17.7 Å². The summed E-state index contributed by atoms with van der Waals surface area (Å²) in [6, 6.07) is 13.5. The number of amides is 1. The third-order valence-corrected chi connectivity index (χ3v) is 3.39. The Morgan fingerprint density at radius 3 is 2.48 bits per heavy atom. The minimum Gasteiger partial charge on any atom is -0.497 e. The topological polar surface area (TPSA) is 73.9 Å². The normalized spacial score (nSPS) is 10.0. The summed E-state index contributed by atoms with van der Waals surface area (Å²) in [5.41, 5.74) is 0.429. The van der Waals surface area contributed by atoms with Crippen LogP contribution < -0.4 is 14.8 Å². The van der Waals surface area contributed by atoms with E-state index in [-0.39, 0.29) is 25.7 Å². The minimum absolute atomic E-state index is 0.0732. The molecule has 0 saturated heterocycles. The van der Waals surface area contributed by atoms with Gasteiger partial charge in [0.15, 0.2) is 0 Å². The number of hydrogen-bond donors (Lipinski definition) is 1. The lowest BCUT2D eigenvalue weighted by Crippen LogP contribution is -2.31. The lowest BCUT2D eigenvalue weighted by molar-refractivity contribution is -0.143. The summed E-state index contributed by atoms with van der Waals surface area (Å²) in [7, 11) is 1.54. The number of carbonyl (C=O) groups excluding carboxylic acids is 2. The predicted molar refractivity (Wildman–Crippen MR) is 93.2 cm³/mol. The van der Waals surface area contributed by atoms with Gasteiger partial charge in [0.25, 0.3) is 5.91 Å². The van der Waals surface area contributed by atoms with E-state index in [1.807, 2.05) is 0 Å². The number of benzene rings is 2. The van der Waals surface area contributed by atoms with Gasteiger partial charge in [0, 0.05) is 10.6 Å². The van der Waals surface area contributed by atoms with Crippen molar-refractivity contribution in [1.29, 1.82) is 0 Å². The molecule has 0 aliphatic heterocycles. The Balaban J connectivity index is 1.65. The van der Waals surface area contributed by atoms with Crippen molar-refractivity contribution in [2.45, 2.75) is 0 Å². The maximum absolute atomic E-state index is 11.9. The zero-order chi connectivity index (χ0) is 18.1. The quantitative estimate of drug-likeness (QED) is 0.576. The van der Waals surface area contributed by atoms with Gasteiger partial charge in [-0.2, -0.15) is 0 Å². The van der Waals surface area contributed by atoms with E-state index >= 15 is 0 Å². The lowest BCUT2D eigenvalue weighted by Gasteiger charge is -2.08. The van der Waals surface area contributed by atoms with Crippen molar-refractivity contribution in [3.05, 3.63) is 59.1 Å². The van der Waals surface area contributed by atoms with Gasteiger partial charge in [-0.15, -0.1) is 0 Å².